The number of nitrogens with two attached hydrogens (primary N) is 1. The first-order valence-corrected chi connectivity index (χ1v) is 8.49. The van der Waals surface area contributed by atoms with Crippen LogP contribution < -0.4 is 5.73 Å². The summed E-state index contributed by atoms with van der Waals surface area (Å²) in [5, 5.41) is 0.984. The SMILES string of the molecule is Cc1cc(C)c2nc(C3CC3)cc(C(=O)N3CC[C@@H](N)C3)c2c1. The molecular weight excluding hydrogens is 286 g/mol. The van der Waals surface area contributed by atoms with Gasteiger partial charge in [-0.15, -0.1) is 0 Å². The predicted octanol–water partition coefficient (Wildman–Crippen LogP) is 2.90. The Balaban J connectivity index is 1.87. The molecule has 23 heavy (non-hydrogen) atoms. The minimum Gasteiger partial charge on any atom is -0.337 e. The number of hydrogen-bond acceptors (Lipinski definition) is 3. The molecule has 0 radical (unpaired) electrons. The predicted molar refractivity (Wildman–Crippen MR) is 91.7 cm³/mol. The number of likely N-dealkylation sites (tertiary alicyclic amines) is 1. The van der Waals surface area contributed by atoms with Gasteiger partial charge >= 0.3 is 0 Å². The first kappa shape index (κ1) is 14.6. The summed E-state index contributed by atoms with van der Waals surface area (Å²) in [5.74, 6) is 0.643. The van der Waals surface area contributed by atoms with Crippen molar-refractivity contribution in [3.63, 3.8) is 0 Å². The molecule has 1 aliphatic carbocycles. The van der Waals surface area contributed by atoms with E-state index in [9.17, 15) is 4.79 Å². The van der Waals surface area contributed by atoms with Crippen LogP contribution in [-0.2, 0) is 0 Å². The Kier molecular flexibility index (Phi) is 3.38. The summed E-state index contributed by atoms with van der Waals surface area (Å²) in [7, 11) is 0. The maximum atomic E-state index is 13.1. The lowest BCUT2D eigenvalue weighted by Gasteiger charge is -2.18. The van der Waals surface area contributed by atoms with Crippen molar-refractivity contribution in [3.8, 4) is 0 Å². The Labute approximate surface area is 136 Å². The summed E-state index contributed by atoms with van der Waals surface area (Å²) in [6, 6.07) is 6.38. The van der Waals surface area contributed by atoms with Gasteiger partial charge in [0.1, 0.15) is 0 Å². The minimum absolute atomic E-state index is 0.109. The summed E-state index contributed by atoms with van der Waals surface area (Å²) in [6.45, 7) is 5.57. The number of rotatable bonds is 2. The molecule has 1 aliphatic heterocycles. The minimum atomic E-state index is 0.109. The molecule has 4 rings (SSSR count). The second kappa shape index (κ2) is 5.31. The van der Waals surface area contributed by atoms with Crippen molar-refractivity contribution < 1.29 is 4.79 Å². The fraction of sp³-hybridized carbons (Fsp3) is 0.474. The fourth-order valence-electron chi connectivity index (χ4n) is 3.61. The number of nitrogens with zero attached hydrogens (tertiary/aromatic N) is 2. The van der Waals surface area contributed by atoms with Crippen LogP contribution in [0.3, 0.4) is 0 Å². The van der Waals surface area contributed by atoms with E-state index in [-0.39, 0.29) is 11.9 Å². The van der Waals surface area contributed by atoms with Crippen LogP contribution in [-0.4, -0.2) is 34.9 Å². The first-order chi connectivity index (χ1) is 11.0. The molecule has 1 amide bonds. The lowest BCUT2D eigenvalue weighted by Crippen LogP contribution is -2.32. The standard InChI is InChI=1S/C19H23N3O/c1-11-7-12(2)18-15(8-11)16(9-17(21-18)13-3-4-13)19(23)22-6-5-14(20)10-22/h7-9,13-14H,3-6,10,20H2,1-2H3/t14-/m1/s1. The molecule has 1 atom stereocenters. The van der Waals surface area contributed by atoms with E-state index in [4.69, 9.17) is 10.7 Å². The van der Waals surface area contributed by atoms with Gasteiger partial charge in [-0.05, 0) is 50.8 Å². The number of pyridine rings is 1. The smallest absolute Gasteiger partial charge is 0.254 e. The summed E-state index contributed by atoms with van der Waals surface area (Å²) >= 11 is 0. The Morgan fingerprint density at radius 1 is 1.22 bits per heavy atom. The highest BCUT2D eigenvalue weighted by Gasteiger charge is 2.30. The highest BCUT2D eigenvalue weighted by Crippen LogP contribution is 2.40. The highest BCUT2D eigenvalue weighted by atomic mass is 16.2. The number of amides is 1. The van der Waals surface area contributed by atoms with Gasteiger partial charge in [-0.25, -0.2) is 0 Å². The van der Waals surface area contributed by atoms with E-state index >= 15 is 0 Å². The number of carbonyl (C=O) groups excluding carboxylic acids is 1. The highest BCUT2D eigenvalue weighted by molar-refractivity contribution is 6.07. The molecule has 1 aromatic heterocycles. The van der Waals surface area contributed by atoms with E-state index in [1.807, 2.05) is 11.0 Å². The molecule has 1 saturated heterocycles. The first-order valence-electron chi connectivity index (χ1n) is 8.49. The topological polar surface area (TPSA) is 59.2 Å². The van der Waals surface area contributed by atoms with Crippen LogP contribution in [0, 0.1) is 13.8 Å². The number of aryl methyl sites for hydroxylation is 2. The molecule has 1 saturated carbocycles. The molecule has 2 N–H and O–H groups in total. The summed E-state index contributed by atoms with van der Waals surface area (Å²) in [5.41, 5.74) is 11.2. The van der Waals surface area contributed by atoms with E-state index in [2.05, 4.69) is 26.0 Å². The van der Waals surface area contributed by atoms with Crippen LogP contribution in [0.15, 0.2) is 18.2 Å². The summed E-state index contributed by atoms with van der Waals surface area (Å²) < 4.78 is 0. The average molecular weight is 309 g/mol. The van der Waals surface area contributed by atoms with E-state index < -0.39 is 0 Å². The largest absolute Gasteiger partial charge is 0.337 e. The molecule has 0 unspecified atom stereocenters. The normalized spacial score (nSPS) is 21.2. The zero-order valence-electron chi connectivity index (χ0n) is 13.8. The Morgan fingerprint density at radius 3 is 2.65 bits per heavy atom. The van der Waals surface area contributed by atoms with Gasteiger partial charge in [0.15, 0.2) is 0 Å². The third-order valence-electron chi connectivity index (χ3n) is 5.01. The zero-order valence-corrected chi connectivity index (χ0v) is 13.8. The number of fused-ring (bicyclic) bond motifs is 1. The van der Waals surface area contributed by atoms with E-state index in [1.54, 1.807) is 0 Å². The quantitative estimate of drug-likeness (QED) is 0.928. The monoisotopic (exact) mass is 309 g/mol. The molecule has 2 heterocycles. The van der Waals surface area contributed by atoms with Crippen molar-refractivity contribution in [2.45, 2.75) is 45.1 Å². The lowest BCUT2D eigenvalue weighted by molar-refractivity contribution is 0.0792. The molecule has 2 aliphatic rings. The van der Waals surface area contributed by atoms with Crippen molar-refractivity contribution in [1.82, 2.24) is 9.88 Å². The third kappa shape index (κ3) is 2.61. The summed E-state index contributed by atoms with van der Waals surface area (Å²) in [6.07, 6.45) is 3.26. The van der Waals surface area contributed by atoms with Gasteiger partial charge in [-0.1, -0.05) is 11.6 Å². The third-order valence-corrected chi connectivity index (χ3v) is 5.01. The summed E-state index contributed by atoms with van der Waals surface area (Å²) in [4.78, 5) is 19.8. The van der Waals surface area contributed by atoms with Crippen molar-refractivity contribution in [2.75, 3.05) is 13.1 Å². The van der Waals surface area contributed by atoms with E-state index in [0.717, 1.165) is 40.7 Å². The van der Waals surface area contributed by atoms with Crippen LogP contribution in [0.5, 0.6) is 0 Å². The molecule has 4 heteroatoms. The molecule has 120 valence electrons. The van der Waals surface area contributed by atoms with Crippen LogP contribution in [0.4, 0.5) is 0 Å². The maximum Gasteiger partial charge on any atom is 0.254 e. The van der Waals surface area contributed by atoms with Crippen LogP contribution >= 0.6 is 0 Å². The van der Waals surface area contributed by atoms with Crippen LogP contribution in [0.25, 0.3) is 10.9 Å². The second-order valence-electron chi connectivity index (χ2n) is 7.15. The molecular formula is C19H23N3O. The average Bonchev–Trinajstić information content (AvgIpc) is 3.27. The molecule has 2 fully saturated rings. The molecule has 0 bridgehead atoms. The van der Waals surface area contributed by atoms with Gasteiger partial charge in [-0.2, -0.15) is 0 Å². The molecule has 4 nitrogen and oxygen atoms in total. The van der Waals surface area contributed by atoms with Gasteiger partial charge < -0.3 is 10.6 Å². The maximum absolute atomic E-state index is 13.1. The second-order valence-corrected chi connectivity index (χ2v) is 7.15. The van der Waals surface area contributed by atoms with Gasteiger partial charge in [0.05, 0.1) is 11.1 Å². The van der Waals surface area contributed by atoms with Gasteiger partial charge in [0.25, 0.3) is 5.91 Å². The molecule has 2 aromatic rings. The zero-order chi connectivity index (χ0) is 16.1. The fourth-order valence-corrected chi connectivity index (χ4v) is 3.61. The van der Waals surface area contributed by atoms with Crippen molar-refractivity contribution >= 4 is 16.8 Å². The van der Waals surface area contributed by atoms with Gasteiger partial charge in [0.2, 0.25) is 0 Å². The van der Waals surface area contributed by atoms with Crippen LogP contribution in [0.2, 0.25) is 0 Å². The van der Waals surface area contributed by atoms with Crippen molar-refractivity contribution in [3.05, 3.63) is 40.6 Å². The molecule has 1 aromatic carbocycles. The van der Waals surface area contributed by atoms with Crippen molar-refractivity contribution in [2.24, 2.45) is 5.73 Å². The van der Waals surface area contributed by atoms with Gasteiger partial charge in [0, 0.05) is 36.1 Å². The number of benzene rings is 1. The van der Waals surface area contributed by atoms with Crippen molar-refractivity contribution in [1.29, 1.82) is 0 Å². The molecule has 0 spiro atoms. The Morgan fingerprint density at radius 2 is 2.00 bits per heavy atom. The van der Waals surface area contributed by atoms with E-state index in [0.29, 0.717) is 12.5 Å². The lowest BCUT2D eigenvalue weighted by atomic mass is 10.00. The Hall–Kier alpha value is -1.94. The number of aromatic nitrogens is 1. The van der Waals surface area contributed by atoms with Gasteiger partial charge in [-0.3, -0.25) is 9.78 Å². The number of carbonyl (C=O) groups is 1. The van der Waals surface area contributed by atoms with E-state index in [1.165, 1.54) is 18.4 Å². The Bertz CT molecular complexity index is 795. The number of hydrogen-bond donors (Lipinski definition) is 1. The van der Waals surface area contributed by atoms with Crippen LogP contribution in [0.1, 0.15) is 52.4 Å².